The maximum Gasteiger partial charge on any atom is 0.266 e. The van der Waals surface area contributed by atoms with Gasteiger partial charge in [0.05, 0.1) is 5.69 Å². The monoisotopic (exact) mass is 379 g/mol. The second-order valence-corrected chi connectivity index (χ2v) is 8.67. The number of hydrogen-bond acceptors (Lipinski definition) is 5. The molecule has 5 rings (SSSR count). The topological polar surface area (TPSA) is 63.9 Å². The molecule has 6 heteroatoms. The minimum atomic E-state index is 0.0351. The zero-order valence-electron chi connectivity index (χ0n) is 16.5. The lowest BCUT2D eigenvalue weighted by molar-refractivity contribution is 0.332. The molecule has 3 aliphatic rings. The van der Waals surface area contributed by atoms with E-state index in [-0.39, 0.29) is 5.56 Å². The molecule has 2 fully saturated rings. The molecule has 0 spiro atoms. The predicted octanol–water partition coefficient (Wildman–Crippen LogP) is 3.10. The van der Waals surface area contributed by atoms with Gasteiger partial charge in [-0.25, -0.2) is 14.6 Å². The molecule has 0 N–H and O–H groups in total. The summed E-state index contributed by atoms with van der Waals surface area (Å²) in [6.07, 6.45) is 12.3. The Balaban J connectivity index is 1.26. The van der Waals surface area contributed by atoms with Crippen molar-refractivity contribution in [2.24, 2.45) is 5.92 Å². The van der Waals surface area contributed by atoms with Gasteiger partial charge in [0.2, 0.25) is 0 Å². The van der Waals surface area contributed by atoms with Crippen molar-refractivity contribution in [1.29, 1.82) is 0 Å². The number of aromatic nitrogens is 4. The first-order valence-electron chi connectivity index (χ1n) is 10.9. The first kappa shape index (κ1) is 17.8. The maximum absolute atomic E-state index is 12.2. The Morgan fingerprint density at radius 3 is 2.61 bits per heavy atom. The molecule has 6 nitrogen and oxygen atoms in total. The number of aryl methyl sites for hydroxylation is 1. The normalized spacial score (nSPS) is 20.6. The van der Waals surface area contributed by atoms with Crippen LogP contribution in [0.5, 0.6) is 0 Å². The van der Waals surface area contributed by atoms with Crippen LogP contribution in [0.15, 0.2) is 23.3 Å². The number of fused-ring (bicyclic) bond motifs is 1. The highest BCUT2D eigenvalue weighted by Crippen LogP contribution is 2.38. The molecule has 2 aromatic heterocycles. The van der Waals surface area contributed by atoms with Crippen LogP contribution in [0.3, 0.4) is 0 Å². The lowest BCUT2D eigenvalue weighted by Gasteiger charge is -2.34. The fourth-order valence-electron chi connectivity index (χ4n) is 4.72. The minimum absolute atomic E-state index is 0.0351. The number of nitrogens with zero attached hydrogens (tertiary/aromatic N) is 5. The standard InChI is InChI=1S/C22H29N5O/c28-21-9-8-19(17-6-7-17)25-27(21)14-16-10-12-26(13-11-16)22-18-4-2-1-3-5-20(18)23-15-24-22/h8-9,15-17H,1-7,10-14H2. The Morgan fingerprint density at radius 2 is 1.79 bits per heavy atom. The van der Waals surface area contributed by atoms with Crippen LogP contribution in [-0.4, -0.2) is 32.8 Å². The van der Waals surface area contributed by atoms with E-state index >= 15 is 0 Å². The zero-order chi connectivity index (χ0) is 18.9. The average molecular weight is 380 g/mol. The Hall–Kier alpha value is -2.24. The minimum Gasteiger partial charge on any atom is -0.356 e. The first-order chi connectivity index (χ1) is 13.8. The molecule has 0 atom stereocenters. The molecule has 2 aromatic rings. The molecule has 0 amide bonds. The van der Waals surface area contributed by atoms with Gasteiger partial charge in [0, 0.05) is 42.9 Å². The van der Waals surface area contributed by atoms with E-state index in [2.05, 4.69) is 20.0 Å². The third-order valence-corrected chi connectivity index (χ3v) is 6.58. The molecule has 2 aliphatic carbocycles. The van der Waals surface area contributed by atoms with Gasteiger partial charge in [-0.3, -0.25) is 4.79 Å². The summed E-state index contributed by atoms with van der Waals surface area (Å²) in [5.74, 6) is 2.26. The summed E-state index contributed by atoms with van der Waals surface area (Å²) in [5.41, 5.74) is 3.78. The average Bonchev–Trinajstić information content (AvgIpc) is 3.57. The predicted molar refractivity (Wildman–Crippen MR) is 109 cm³/mol. The summed E-state index contributed by atoms with van der Waals surface area (Å²) in [6.45, 7) is 2.76. The molecule has 0 unspecified atom stereocenters. The molecule has 0 bridgehead atoms. The third-order valence-electron chi connectivity index (χ3n) is 6.58. The van der Waals surface area contributed by atoms with Gasteiger partial charge in [-0.05, 0) is 63.4 Å². The van der Waals surface area contributed by atoms with Crippen molar-refractivity contribution in [3.05, 3.63) is 45.8 Å². The van der Waals surface area contributed by atoms with Gasteiger partial charge in [0.25, 0.3) is 5.56 Å². The molecule has 1 saturated heterocycles. The quantitative estimate of drug-likeness (QED) is 0.764. The highest BCUT2D eigenvalue weighted by atomic mass is 16.1. The van der Waals surface area contributed by atoms with Crippen LogP contribution in [0.2, 0.25) is 0 Å². The van der Waals surface area contributed by atoms with Crippen molar-refractivity contribution in [2.45, 2.75) is 70.3 Å². The zero-order valence-corrected chi connectivity index (χ0v) is 16.5. The van der Waals surface area contributed by atoms with Crippen LogP contribution in [0, 0.1) is 5.92 Å². The van der Waals surface area contributed by atoms with E-state index in [0.29, 0.717) is 11.8 Å². The Kier molecular flexibility index (Phi) is 4.87. The third kappa shape index (κ3) is 3.69. The molecule has 1 aliphatic heterocycles. The van der Waals surface area contributed by atoms with Crippen molar-refractivity contribution in [1.82, 2.24) is 19.7 Å². The summed E-state index contributed by atoms with van der Waals surface area (Å²) in [7, 11) is 0. The number of hydrogen-bond donors (Lipinski definition) is 0. The van der Waals surface area contributed by atoms with E-state index in [0.717, 1.165) is 56.8 Å². The highest BCUT2D eigenvalue weighted by Gasteiger charge is 2.27. The van der Waals surface area contributed by atoms with Crippen LogP contribution in [0.1, 0.15) is 67.8 Å². The summed E-state index contributed by atoms with van der Waals surface area (Å²) >= 11 is 0. The molecule has 3 heterocycles. The van der Waals surface area contributed by atoms with E-state index in [9.17, 15) is 4.79 Å². The van der Waals surface area contributed by atoms with Gasteiger partial charge >= 0.3 is 0 Å². The Bertz CT molecular complexity index is 896. The van der Waals surface area contributed by atoms with Crippen LogP contribution in [0.4, 0.5) is 5.82 Å². The van der Waals surface area contributed by atoms with E-state index in [1.165, 1.54) is 43.4 Å². The van der Waals surface area contributed by atoms with Gasteiger partial charge < -0.3 is 4.90 Å². The van der Waals surface area contributed by atoms with E-state index in [1.54, 1.807) is 17.1 Å². The molecule has 28 heavy (non-hydrogen) atoms. The van der Waals surface area contributed by atoms with Crippen molar-refractivity contribution in [3.8, 4) is 0 Å². The highest BCUT2D eigenvalue weighted by molar-refractivity contribution is 5.49. The fraction of sp³-hybridized carbons (Fsp3) is 0.636. The van der Waals surface area contributed by atoms with Gasteiger partial charge in [-0.2, -0.15) is 5.10 Å². The summed E-state index contributed by atoms with van der Waals surface area (Å²) in [4.78, 5) is 23.9. The van der Waals surface area contributed by atoms with Crippen molar-refractivity contribution in [2.75, 3.05) is 18.0 Å². The summed E-state index contributed by atoms with van der Waals surface area (Å²) < 4.78 is 1.71. The SMILES string of the molecule is O=c1ccc(C2CC2)nn1CC1CCN(c2ncnc3c2CCCCC3)CC1. The van der Waals surface area contributed by atoms with E-state index in [4.69, 9.17) is 0 Å². The second kappa shape index (κ2) is 7.64. The van der Waals surface area contributed by atoms with Crippen molar-refractivity contribution >= 4 is 5.82 Å². The largest absolute Gasteiger partial charge is 0.356 e. The maximum atomic E-state index is 12.2. The number of anilines is 1. The molecular formula is C22H29N5O. The van der Waals surface area contributed by atoms with Gasteiger partial charge in [-0.1, -0.05) is 6.42 Å². The van der Waals surface area contributed by atoms with E-state index < -0.39 is 0 Å². The second-order valence-electron chi connectivity index (χ2n) is 8.67. The van der Waals surface area contributed by atoms with Gasteiger partial charge in [-0.15, -0.1) is 0 Å². The molecule has 148 valence electrons. The van der Waals surface area contributed by atoms with Crippen LogP contribution in [0.25, 0.3) is 0 Å². The van der Waals surface area contributed by atoms with Gasteiger partial charge in [0.1, 0.15) is 12.1 Å². The summed E-state index contributed by atoms with van der Waals surface area (Å²) in [5, 5.41) is 4.64. The van der Waals surface area contributed by atoms with Crippen LogP contribution < -0.4 is 10.5 Å². The fourth-order valence-corrected chi connectivity index (χ4v) is 4.72. The number of piperidine rings is 1. The van der Waals surface area contributed by atoms with Crippen molar-refractivity contribution in [3.63, 3.8) is 0 Å². The van der Waals surface area contributed by atoms with Crippen LogP contribution >= 0.6 is 0 Å². The smallest absolute Gasteiger partial charge is 0.266 e. The lowest BCUT2D eigenvalue weighted by Crippen LogP contribution is -2.38. The first-order valence-corrected chi connectivity index (χ1v) is 10.9. The molecular weight excluding hydrogens is 350 g/mol. The Labute approximate surface area is 166 Å². The molecule has 0 radical (unpaired) electrons. The van der Waals surface area contributed by atoms with Crippen molar-refractivity contribution < 1.29 is 0 Å². The lowest BCUT2D eigenvalue weighted by atomic mass is 9.96. The van der Waals surface area contributed by atoms with Gasteiger partial charge in [0.15, 0.2) is 0 Å². The molecule has 0 aromatic carbocycles. The number of rotatable bonds is 4. The Morgan fingerprint density at radius 1 is 0.964 bits per heavy atom. The summed E-state index contributed by atoms with van der Waals surface area (Å²) in [6, 6.07) is 3.62. The van der Waals surface area contributed by atoms with E-state index in [1.807, 2.05) is 6.07 Å². The molecule has 1 saturated carbocycles. The van der Waals surface area contributed by atoms with Crippen LogP contribution in [-0.2, 0) is 19.4 Å².